The molecule has 0 unspecified atom stereocenters. The molecule has 1 aromatic heterocycles. The molecule has 1 N–H and O–H groups in total. The third-order valence-corrected chi connectivity index (χ3v) is 4.22. The van der Waals surface area contributed by atoms with Gasteiger partial charge in [0.05, 0.1) is 0 Å². The topological polar surface area (TPSA) is 50.4 Å². The minimum atomic E-state index is -0.219. The lowest BCUT2D eigenvalue weighted by Gasteiger charge is -2.16. The maximum atomic E-state index is 12.2. The second-order valence-electron chi connectivity index (χ2n) is 5.37. The zero-order chi connectivity index (χ0) is 13.7. The van der Waals surface area contributed by atoms with Crippen LogP contribution < -0.4 is 5.63 Å². The summed E-state index contributed by atoms with van der Waals surface area (Å²) in [5.74, 6) is 0.213. The SMILES string of the molecule is O=c1oc2c(ccc3c(O)cccc32)c2c1CCCC2. The average Bonchev–Trinajstić information content (AvgIpc) is 2.48. The first kappa shape index (κ1) is 11.5. The summed E-state index contributed by atoms with van der Waals surface area (Å²) in [4.78, 5) is 12.2. The van der Waals surface area contributed by atoms with Crippen LogP contribution in [-0.4, -0.2) is 5.11 Å². The number of rotatable bonds is 0. The van der Waals surface area contributed by atoms with Gasteiger partial charge in [0.25, 0.3) is 0 Å². The van der Waals surface area contributed by atoms with E-state index in [9.17, 15) is 9.90 Å². The number of benzene rings is 2. The molecule has 4 rings (SSSR count). The second-order valence-corrected chi connectivity index (χ2v) is 5.37. The standard InChI is InChI=1S/C17H14O3/c18-15-7-3-6-12-11(15)8-9-13-10-4-1-2-5-14(10)17(19)20-16(12)13/h3,6-9,18H,1-2,4-5H2. The normalized spacial score (nSPS) is 14.6. The van der Waals surface area contributed by atoms with Crippen molar-refractivity contribution in [2.24, 2.45) is 0 Å². The zero-order valence-electron chi connectivity index (χ0n) is 11.0. The van der Waals surface area contributed by atoms with Crippen LogP contribution in [0.25, 0.3) is 21.7 Å². The van der Waals surface area contributed by atoms with E-state index in [1.54, 1.807) is 12.1 Å². The third kappa shape index (κ3) is 1.49. The number of fused-ring (bicyclic) bond motifs is 5. The molecule has 20 heavy (non-hydrogen) atoms. The molecule has 0 spiro atoms. The molecule has 0 radical (unpaired) electrons. The van der Waals surface area contributed by atoms with Crippen molar-refractivity contribution in [2.45, 2.75) is 25.7 Å². The Bertz CT molecular complexity index is 890. The minimum Gasteiger partial charge on any atom is -0.507 e. The van der Waals surface area contributed by atoms with Crippen molar-refractivity contribution in [3.63, 3.8) is 0 Å². The largest absolute Gasteiger partial charge is 0.507 e. The molecule has 0 atom stereocenters. The highest BCUT2D eigenvalue weighted by atomic mass is 16.4. The second kappa shape index (κ2) is 4.10. The van der Waals surface area contributed by atoms with Gasteiger partial charge in [0.2, 0.25) is 0 Å². The van der Waals surface area contributed by atoms with Crippen LogP contribution in [0.5, 0.6) is 5.75 Å². The lowest BCUT2D eigenvalue weighted by Crippen LogP contribution is -2.15. The fraction of sp³-hybridized carbons (Fsp3) is 0.235. The van der Waals surface area contributed by atoms with Crippen molar-refractivity contribution in [2.75, 3.05) is 0 Å². The molecular weight excluding hydrogens is 252 g/mol. The molecule has 1 heterocycles. The molecule has 3 nitrogen and oxygen atoms in total. The van der Waals surface area contributed by atoms with Crippen LogP contribution in [0, 0.1) is 0 Å². The molecule has 1 aliphatic carbocycles. The summed E-state index contributed by atoms with van der Waals surface area (Å²) in [6, 6.07) is 9.17. The fourth-order valence-electron chi connectivity index (χ4n) is 3.24. The van der Waals surface area contributed by atoms with Gasteiger partial charge >= 0.3 is 5.63 Å². The molecule has 0 fully saturated rings. The van der Waals surface area contributed by atoms with Crippen LogP contribution in [0.3, 0.4) is 0 Å². The quantitative estimate of drug-likeness (QED) is 0.500. The average molecular weight is 266 g/mol. The van der Waals surface area contributed by atoms with Crippen molar-refractivity contribution >= 4 is 21.7 Å². The maximum absolute atomic E-state index is 12.2. The Balaban J connectivity index is 2.22. The van der Waals surface area contributed by atoms with E-state index in [0.29, 0.717) is 5.58 Å². The smallest absolute Gasteiger partial charge is 0.339 e. The van der Waals surface area contributed by atoms with Crippen LogP contribution in [0.4, 0.5) is 0 Å². The van der Waals surface area contributed by atoms with E-state index in [0.717, 1.165) is 53.0 Å². The van der Waals surface area contributed by atoms with Gasteiger partial charge in [0, 0.05) is 21.7 Å². The molecule has 0 amide bonds. The molecule has 3 aromatic rings. The Hall–Kier alpha value is -2.29. The Morgan fingerprint density at radius 1 is 0.900 bits per heavy atom. The van der Waals surface area contributed by atoms with E-state index >= 15 is 0 Å². The Kier molecular flexibility index (Phi) is 2.36. The summed E-state index contributed by atoms with van der Waals surface area (Å²) in [5.41, 5.74) is 2.35. The zero-order valence-corrected chi connectivity index (χ0v) is 11.0. The molecule has 1 aliphatic rings. The van der Waals surface area contributed by atoms with Crippen molar-refractivity contribution in [1.82, 2.24) is 0 Å². The summed E-state index contributed by atoms with van der Waals surface area (Å²) >= 11 is 0. The number of phenolic OH excluding ortho intramolecular Hbond substituents is 1. The van der Waals surface area contributed by atoms with Crippen molar-refractivity contribution in [3.8, 4) is 5.75 Å². The summed E-state index contributed by atoms with van der Waals surface area (Å²) < 4.78 is 5.56. The highest BCUT2D eigenvalue weighted by molar-refractivity contribution is 6.07. The first-order valence-corrected chi connectivity index (χ1v) is 6.95. The molecule has 0 bridgehead atoms. The number of hydrogen-bond acceptors (Lipinski definition) is 3. The van der Waals surface area contributed by atoms with Crippen molar-refractivity contribution in [3.05, 3.63) is 51.9 Å². The van der Waals surface area contributed by atoms with Crippen LogP contribution in [-0.2, 0) is 12.8 Å². The third-order valence-electron chi connectivity index (χ3n) is 4.22. The van der Waals surface area contributed by atoms with E-state index in [1.165, 1.54) is 0 Å². The summed E-state index contributed by atoms with van der Waals surface area (Å²) in [6.45, 7) is 0. The van der Waals surface area contributed by atoms with Crippen LogP contribution >= 0.6 is 0 Å². The minimum absolute atomic E-state index is 0.213. The Morgan fingerprint density at radius 3 is 2.50 bits per heavy atom. The van der Waals surface area contributed by atoms with Crippen LogP contribution in [0.15, 0.2) is 39.5 Å². The molecule has 0 aliphatic heterocycles. The van der Waals surface area contributed by atoms with Gasteiger partial charge in [-0.2, -0.15) is 0 Å². The molecule has 3 heteroatoms. The molecule has 0 saturated carbocycles. The molecule has 2 aromatic carbocycles. The van der Waals surface area contributed by atoms with E-state index in [4.69, 9.17) is 4.42 Å². The molecule has 0 saturated heterocycles. The summed E-state index contributed by atoms with van der Waals surface area (Å²) in [7, 11) is 0. The van der Waals surface area contributed by atoms with Gasteiger partial charge in [-0.05, 0) is 43.4 Å². The molecular formula is C17H14O3. The Labute approximate surface area is 115 Å². The van der Waals surface area contributed by atoms with Gasteiger partial charge in [-0.15, -0.1) is 0 Å². The number of phenols is 1. The monoisotopic (exact) mass is 266 g/mol. The van der Waals surface area contributed by atoms with Crippen LogP contribution in [0.2, 0.25) is 0 Å². The highest BCUT2D eigenvalue weighted by Crippen LogP contribution is 2.34. The highest BCUT2D eigenvalue weighted by Gasteiger charge is 2.19. The lowest BCUT2D eigenvalue weighted by atomic mass is 9.90. The van der Waals surface area contributed by atoms with Crippen molar-refractivity contribution < 1.29 is 9.52 Å². The number of aryl methyl sites for hydroxylation is 1. The Morgan fingerprint density at radius 2 is 1.65 bits per heavy atom. The van der Waals surface area contributed by atoms with Gasteiger partial charge in [0.15, 0.2) is 0 Å². The van der Waals surface area contributed by atoms with Gasteiger partial charge < -0.3 is 9.52 Å². The lowest BCUT2D eigenvalue weighted by molar-refractivity contribution is 0.481. The van der Waals surface area contributed by atoms with E-state index in [1.807, 2.05) is 18.2 Å². The number of hydrogen-bond donors (Lipinski definition) is 1. The molecule has 100 valence electrons. The first-order valence-electron chi connectivity index (χ1n) is 6.95. The van der Waals surface area contributed by atoms with Gasteiger partial charge in [-0.3, -0.25) is 0 Å². The maximum Gasteiger partial charge on any atom is 0.339 e. The van der Waals surface area contributed by atoms with E-state index in [-0.39, 0.29) is 11.4 Å². The van der Waals surface area contributed by atoms with Gasteiger partial charge in [0.1, 0.15) is 11.3 Å². The van der Waals surface area contributed by atoms with E-state index < -0.39 is 0 Å². The number of aromatic hydroxyl groups is 1. The van der Waals surface area contributed by atoms with Crippen molar-refractivity contribution in [1.29, 1.82) is 0 Å². The van der Waals surface area contributed by atoms with E-state index in [2.05, 4.69) is 0 Å². The van der Waals surface area contributed by atoms with Gasteiger partial charge in [-0.1, -0.05) is 18.2 Å². The van der Waals surface area contributed by atoms with Gasteiger partial charge in [-0.25, -0.2) is 4.79 Å². The predicted octanol–water partition coefficient (Wildman–Crippen LogP) is 3.53. The van der Waals surface area contributed by atoms with Crippen LogP contribution in [0.1, 0.15) is 24.0 Å². The predicted molar refractivity (Wildman–Crippen MR) is 78.3 cm³/mol. The summed E-state index contributed by atoms with van der Waals surface area (Å²) in [5, 5.41) is 12.5. The summed E-state index contributed by atoms with van der Waals surface area (Å²) in [6.07, 6.45) is 3.91. The first-order chi connectivity index (χ1) is 9.75. The fourth-order valence-corrected chi connectivity index (χ4v) is 3.24.